The van der Waals surface area contributed by atoms with Crippen LogP contribution in [0, 0.1) is 17.6 Å². The summed E-state index contributed by atoms with van der Waals surface area (Å²) in [7, 11) is 0. The van der Waals surface area contributed by atoms with Crippen molar-refractivity contribution in [2.45, 2.75) is 27.0 Å². The fraction of sp³-hybridized carbons (Fsp3) is 0.400. The Morgan fingerprint density at radius 1 is 1.35 bits per heavy atom. The van der Waals surface area contributed by atoms with Crippen molar-refractivity contribution in [3.8, 4) is 0 Å². The first-order valence-corrected chi connectivity index (χ1v) is 7.17. The van der Waals surface area contributed by atoms with E-state index in [2.05, 4.69) is 15.6 Å². The summed E-state index contributed by atoms with van der Waals surface area (Å²) in [5, 5.41) is 10.3. The molecule has 2 rings (SSSR count). The lowest BCUT2D eigenvalue weighted by atomic mass is 10.2. The predicted molar refractivity (Wildman–Crippen MR) is 78.5 cm³/mol. The fourth-order valence-corrected chi connectivity index (χ4v) is 1.78. The number of alkyl carbamates (subject to hydrolysis) is 1. The van der Waals surface area contributed by atoms with Gasteiger partial charge in [-0.2, -0.15) is 0 Å². The molecule has 0 spiro atoms. The highest BCUT2D eigenvalue weighted by molar-refractivity contribution is 5.67. The van der Waals surface area contributed by atoms with Crippen LogP contribution in [0.3, 0.4) is 0 Å². The van der Waals surface area contributed by atoms with Gasteiger partial charge in [-0.1, -0.05) is 25.1 Å². The van der Waals surface area contributed by atoms with Gasteiger partial charge in [0.1, 0.15) is 12.3 Å². The molecule has 0 aliphatic rings. The Balaban J connectivity index is 1.85. The maximum Gasteiger partial charge on any atom is 0.407 e. The first kappa shape index (κ1) is 16.9. The van der Waals surface area contributed by atoms with Gasteiger partial charge in [0.25, 0.3) is 0 Å². The Morgan fingerprint density at radius 2 is 2.13 bits per heavy atom. The minimum absolute atomic E-state index is 0.0122. The van der Waals surface area contributed by atoms with Gasteiger partial charge in [-0.15, -0.1) is 5.10 Å². The SMILES string of the molecule is CC(C)CNC(=O)OCc1cn(Cc2ccc(F)c(F)c2)nn1. The number of halogens is 2. The van der Waals surface area contributed by atoms with E-state index in [1.54, 1.807) is 6.20 Å². The number of benzene rings is 1. The van der Waals surface area contributed by atoms with E-state index in [1.807, 2.05) is 13.8 Å². The molecule has 1 amide bonds. The molecule has 0 saturated heterocycles. The molecule has 1 aromatic heterocycles. The first-order valence-electron chi connectivity index (χ1n) is 7.17. The summed E-state index contributed by atoms with van der Waals surface area (Å²) in [5.74, 6) is -1.47. The Morgan fingerprint density at radius 3 is 2.83 bits per heavy atom. The number of amides is 1. The lowest BCUT2D eigenvalue weighted by Crippen LogP contribution is -2.27. The van der Waals surface area contributed by atoms with Crippen LogP contribution in [0.1, 0.15) is 25.1 Å². The summed E-state index contributed by atoms with van der Waals surface area (Å²) in [6, 6.07) is 3.63. The Bertz CT molecular complexity index is 673. The minimum Gasteiger partial charge on any atom is -0.443 e. The average Bonchev–Trinajstić information content (AvgIpc) is 2.94. The third-order valence-corrected chi connectivity index (χ3v) is 2.92. The lowest BCUT2D eigenvalue weighted by molar-refractivity contribution is 0.137. The number of ether oxygens (including phenoxy) is 1. The molecule has 6 nitrogen and oxygen atoms in total. The van der Waals surface area contributed by atoms with Crippen LogP contribution in [-0.4, -0.2) is 27.6 Å². The molecule has 0 bridgehead atoms. The maximum absolute atomic E-state index is 13.1. The van der Waals surface area contributed by atoms with E-state index in [-0.39, 0.29) is 13.2 Å². The summed E-state index contributed by atoms with van der Waals surface area (Å²) in [6.45, 7) is 4.71. The standard InChI is InChI=1S/C15H18F2N4O2/c1-10(2)6-18-15(22)23-9-12-8-21(20-19-12)7-11-3-4-13(16)14(17)5-11/h3-5,8,10H,6-7,9H2,1-2H3,(H,18,22). The van der Waals surface area contributed by atoms with Crippen LogP contribution >= 0.6 is 0 Å². The highest BCUT2D eigenvalue weighted by Gasteiger charge is 2.08. The normalized spacial score (nSPS) is 10.8. The van der Waals surface area contributed by atoms with Gasteiger partial charge in [0, 0.05) is 6.54 Å². The zero-order valence-corrected chi connectivity index (χ0v) is 12.9. The second-order valence-corrected chi connectivity index (χ2v) is 5.51. The van der Waals surface area contributed by atoms with Crippen LogP contribution in [-0.2, 0) is 17.9 Å². The van der Waals surface area contributed by atoms with Crippen molar-refractivity contribution < 1.29 is 18.3 Å². The second-order valence-electron chi connectivity index (χ2n) is 5.51. The third-order valence-electron chi connectivity index (χ3n) is 2.92. The molecule has 0 aliphatic carbocycles. The van der Waals surface area contributed by atoms with E-state index in [4.69, 9.17) is 4.74 Å². The van der Waals surface area contributed by atoms with Crippen LogP contribution in [0.5, 0.6) is 0 Å². The molecule has 0 aliphatic heterocycles. The van der Waals surface area contributed by atoms with Gasteiger partial charge >= 0.3 is 6.09 Å². The number of nitrogens with one attached hydrogen (secondary N) is 1. The largest absolute Gasteiger partial charge is 0.443 e. The van der Waals surface area contributed by atoms with Crippen molar-refractivity contribution in [2.75, 3.05) is 6.54 Å². The smallest absolute Gasteiger partial charge is 0.407 e. The van der Waals surface area contributed by atoms with Gasteiger partial charge in [-0.25, -0.2) is 18.3 Å². The molecule has 23 heavy (non-hydrogen) atoms. The van der Waals surface area contributed by atoms with Gasteiger partial charge in [0.2, 0.25) is 0 Å². The van der Waals surface area contributed by atoms with Gasteiger partial charge < -0.3 is 10.1 Å². The topological polar surface area (TPSA) is 69.0 Å². The molecule has 0 fully saturated rings. The molecular weight excluding hydrogens is 306 g/mol. The molecule has 0 radical (unpaired) electrons. The second kappa shape index (κ2) is 7.66. The van der Waals surface area contributed by atoms with E-state index < -0.39 is 17.7 Å². The number of aromatic nitrogens is 3. The summed E-state index contributed by atoms with van der Waals surface area (Å²) in [6.07, 6.45) is 1.06. The van der Waals surface area contributed by atoms with E-state index in [9.17, 15) is 13.6 Å². The van der Waals surface area contributed by atoms with Gasteiger partial charge in [-0.3, -0.25) is 0 Å². The Labute approximate surface area is 132 Å². The van der Waals surface area contributed by atoms with E-state index in [1.165, 1.54) is 10.7 Å². The van der Waals surface area contributed by atoms with Crippen LogP contribution in [0.4, 0.5) is 13.6 Å². The van der Waals surface area contributed by atoms with Crippen molar-refractivity contribution in [3.63, 3.8) is 0 Å². The lowest BCUT2D eigenvalue weighted by Gasteiger charge is -2.07. The van der Waals surface area contributed by atoms with Crippen molar-refractivity contribution in [1.29, 1.82) is 0 Å². The highest BCUT2D eigenvalue weighted by atomic mass is 19.2. The third kappa shape index (κ3) is 5.32. The number of hydrogen-bond donors (Lipinski definition) is 1. The van der Waals surface area contributed by atoms with Gasteiger partial charge in [0.05, 0.1) is 12.7 Å². The quantitative estimate of drug-likeness (QED) is 0.886. The number of carbonyl (C=O) groups excluding carboxylic acids is 1. The van der Waals surface area contributed by atoms with Gasteiger partial charge in [-0.05, 0) is 23.6 Å². The summed E-state index contributed by atoms with van der Waals surface area (Å²) >= 11 is 0. The fourth-order valence-electron chi connectivity index (χ4n) is 1.78. The molecule has 0 atom stereocenters. The highest BCUT2D eigenvalue weighted by Crippen LogP contribution is 2.10. The predicted octanol–water partition coefficient (Wildman–Crippen LogP) is 2.49. The van der Waals surface area contributed by atoms with Crippen molar-refractivity contribution in [1.82, 2.24) is 20.3 Å². The van der Waals surface area contributed by atoms with Crippen LogP contribution in [0.15, 0.2) is 24.4 Å². The number of rotatable bonds is 6. The minimum atomic E-state index is -0.909. The van der Waals surface area contributed by atoms with E-state index >= 15 is 0 Å². The van der Waals surface area contributed by atoms with E-state index in [0.717, 1.165) is 12.1 Å². The zero-order chi connectivity index (χ0) is 16.8. The number of hydrogen-bond acceptors (Lipinski definition) is 4. The molecule has 1 N–H and O–H groups in total. The van der Waals surface area contributed by atoms with Crippen LogP contribution < -0.4 is 5.32 Å². The van der Waals surface area contributed by atoms with Crippen molar-refractivity contribution in [2.24, 2.45) is 5.92 Å². The zero-order valence-electron chi connectivity index (χ0n) is 12.9. The summed E-state index contributed by atoms with van der Waals surface area (Å²) in [5.41, 5.74) is 1.02. The maximum atomic E-state index is 13.1. The first-order chi connectivity index (χ1) is 10.9. The summed E-state index contributed by atoms with van der Waals surface area (Å²) in [4.78, 5) is 11.4. The molecular formula is C15H18F2N4O2. The molecule has 1 heterocycles. The molecule has 0 unspecified atom stereocenters. The monoisotopic (exact) mass is 324 g/mol. The average molecular weight is 324 g/mol. The Kier molecular flexibility index (Phi) is 5.61. The van der Waals surface area contributed by atoms with Crippen molar-refractivity contribution in [3.05, 3.63) is 47.3 Å². The molecule has 0 saturated carbocycles. The molecule has 1 aromatic carbocycles. The van der Waals surface area contributed by atoms with E-state index in [0.29, 0.717) is 23.7 Å². The number of nitrogens with zero attached hydrogens (tertiary/aromatic N) is 3. The Hall–Kier alpha value is -2.51. The number of carbonyl (C=O) groups is 1. The summed E-state index contributed by atoms with van der Waals surface area (Å²) < 4.78 is 32.5. The molecule has 124 valence electrons. The molecule has 8 heteroatoms. The molecule has 2 aromatic rings. The van der Waals surface area contributed by atoms with Gasteiger partial charge in [0.15, 0.2) is 11.6 Å². The van der Waals surface area contributed by atoms with Crippen LogP contribution in [0.2, 0.25) is 0 Å². The van der Waals surface area contributed by atoms with Crippen LogP contribution in [0.25, 0.3) is 0 Å². The van der Waals surface area contributed by atoms with Crippen molar-refractivity contribution >= 4 is 6.09 Å².